The number of hydrogen-bond donors (Lipinski definition) is 1. The molecule has 0 radical (unpaired) electrons. The Bertz CT molecular complexity index is 355. The maximum Gasteiger partial charge on any atom is 0.261 e. The lowest BCUT2D eigenvalue weighted by Crippen LogP contribution is -2.24. The van der Waals surface area contributed by atoms with E-state index in [1.54, 1.807) is 11.3 Å². The summed E-state index contributed by atoms with van der Waals surface area (Å²) in [5, 5.41) is 2.97. The Morgan fingerprint density at radius 3 is 2.69 bits per heavy atom. The monoisotopic (exact) mass is 239 g/mol. The second-order valence-electron chi connectivity index (χ2n) is 4.51. The highest BCUT2D eigenvalue weighted by molar-refractivity contribution is 7.14. The van der Waals surface area contributed by atoms with Gasteiger partial charge in [0.05, 0.1) is 4.88 Å². The van der Waals surface area contributed by atoms with Gasteiger partial charge >= 0.3 is 0 Å². The van der Waals surface area contributed by atoms with E-state index < -0.39 is 0 Å². The van der Waals surface area contributed by atoms with Gasteiger partial charge < -0.3 is 5.32 Å². The summed E-state index contributed by atoms with van der Waals surface area (Å²) in [6.45, 7) is 9.29. The van der Waals surface area contributed by atoms with Crippen molar-refractivity contribution in [2.45, 2.75) is 40.5 Å². The van der Waals surface area contributed by atoms with Crippen LogP contribution in [-0.4, -0.2) is 12.5 Å². The van der Waals surface area contributed by atoms with E-state index in [2.05, 4.69) is 33.0 Å². The predicted octanol–water partition coefficient (Wildman–Crippen LogP) is 3.39. The molecule has 3 heteroatoms. The minimum atomic E-state index is 0.0773. The van der Waals surface area contributed by atoms with Crippen LogP contribution in [0.4, 0.5) is 0 Å². The molecule has 0 saturated heterocycles. The quantitative estimate of drug-likeness (QED) is 0.838. The van der Waals surface area contributed by atoms with Crippen molar-refractivity contribution in [3.63, 3.8) is 0 Å². The smallest absolute Gasteiger partial charge is 0.261 e. The van der Waals surface area contributed by atoms with Crippen molar-refractivity contribution < 1.29 is 4.79 Å². The average molecular weight is 239 g/mol. The Balaban J connectivity index is 2.52. The first-order valence-electron chi connectivity index (χ1n) is 5.92. The molecule has 0 saturated carbocycles. The van der Waals surface area contributed by atoms with Crippen LogP contribution in [0.3, 0.4) is 0 Å². The van der Waals surface area contributed by atoms with Gasteiger partial charge in [-0.2, -0.15) is 0 Å². The number of aryl methyl sites for hydroxylation is 2. The zero-order valence-electron chi connectivity index (χ0n) is 10.6. The Labute approximate surface area is 102 Å². The lowest BCUT2D eigenvalue weighted by molar-refractivity contribution is 0.0956. The predicted molar refractivity (Wildman–Crippen MR) is 70.2 cm³/mol. The van der Waals surface area contributed by atoms with E-state index in [0.717, 1.165) is 24.3 Å². The van der Waals surface area contributed by atoms with Crippen molar-refractivity contribution >= 4 is 17.2 Å². The molecule has 1 aromatic heterocycles. The first-order valence-corrected chi connectivity index (χ1v) is 6.73. The Kier molecular flexibility index (Phi) is 5.00. The number of carbonyl (C=O) groups excluding carboxylic acids is 1. The van der Waals surface area contributed by atoms with Gasteiger partial charge in [0.15, 0.2) is 0 Å². The summed E-state index contributed by atoms with van der Waals surface area (Å²) in [5.41, 5.74) is 1.24. The Morgan fingerprint density at radius 1 is 1.50 bits per heavy atom. The van der Waals surface area contributed by atoms with Gasteiger partial charge in [0.2, 0.25) is 0 Å². The van der Waals surface area contributed by atoms with Gasteiger partial charge in [-0.3, -0.25) is 4.79 Å². The van der Waals surface area contributed by atoms with Crippen LogP contribution in [0.25, 0.3) is 0 Å². The van der Waals surface area contributed by atoms with E-state index in [-0.39, 0.29) is 5.91 Å². The third-order valence-electron chi connectivity index (χ3n) is 2.57. The third kappa shape index (κ3) is 3.63. The summed E-state index contributed by atoms with van der Waals surface area (Å²) in [6.07, 6.45) is 2.05. The summed E-state index contributed by atoms with van der Waals surface area (Å²) in [5.74, 6) is 0.713. The highest BCUT2D eigenvalue weighted by Crippen LogP contribution is 2.22. The maximum absolute atomic E-state index is 11.8. The van der Waals surface area contributed by atoms with Crippen LogP contribution in [0.15, 0.2) is 6.07 Å². The zero-order valence-corrected chi connectivity index (χ0v) is 11.4. The van der Waals surface area contributed by atoms with Crippen LogP contribution >= 0.6 is 11.3 Å². The highest BCUT2D eigenvalue weighted by Gasteiger charge is 2.10. The largest absolute Gasteiger partial charge is 0.351 e. The molecule has 0 unspecified atom stereocenters. The molecule has 1 aromatic rings. The summed E-state index contributed by atoms with van der Waals surface area (Å²) in [7, 11) is 0. The minimum absolute atomic E-state index is 0.0773. The van der Waals surface area contributed by atoms with Gasteiger partial charge in [-0.05, 0) is 37.3 Å². The van der Waals surface area contributed by atoms with Crippen molar-refractivity contribution in [2.24, 2.45) is 5.92 Å². The van der Waals surface area contributed by atoms with E-state index in [1.807, 2.05) is 6.07 Å². The van der Waals surface area contributed by atoms with Crippen molar-refractivity contribution in [3.05, 3.63) is 21.4 Å². The molecule has 1 N–H and O–H groups in total. The average Bonchev–Trinajstić information content (AvgIpc) is 2.59. The second kappa shape index (κ2) is 6.04. The molecule has 0 spiro atoms. The standard InChI is InChI=1S/C13H21NOS/c1-5-11-10(4)8-12(16-11)13(15)14-7-6-9(2)3/h8-9H,5-7H2,1-4H3,(H,14,15). The zero-order chi connectivity index (χ0) is 12.1. The maximum atomic E-state index is 11.8. The van der Waals surface area contributed by atoms with Gasteiger partial charge in [-0.15, -0.1) is 11.3 Å². The molecule has 1 rings (SSSR count). The van der Waals surface area contributed by atoms with Gasteiger partial charge in [0, 0.05) is 11.4 Å². The number of nitrogens with one attached hydrogen (secondary N) is 1. The van der Waals surface area contributed by atoms with Crippen molar-refractivity contribution in [2.75, 3.05) is 6.54 Å². The molecule has 0 aliphatic rings. The number of thiophene rings is 1. The summed E-state index contributed by atoms with van der Waals surface area (Å²) < 4.78 is 0. The first-order chi connectivity index (χ1) is 7.54. The molecule has 0 aliphatic carbocycles. The normalized spacial score (nSPS) is 10.8. The fourth-order valence-corrected chi connectivity index (χ4v) is 2.57. The van der Waals surface area contributed by atoms with E-state index in [4.69, 9.17) is 0 Å². The number of hydrogen-bond acceptors (Lipinski definition) is 2. The van der Waals surface area contributed by atoms with Gasteiger partial charge in [-0.1, -0.05) is 20.8 Å². The molecule has 1 amide bonds. The van der Waals surface area contributed by atoms with Crippen LogP contribution < -0.4 is 5.32 Å². The van der Waals surface area contributed by atoms with E-state index >= 15 is 0 Å². The van der Waals surface area contributed by atoms with Crippen LogP contribution in [0.2, 0.25) is 0 Å². The van der Waals surface area contributed by atoms with Gasteiger partial charge in [0.1, 0.15) is 0 Å². The molecule has 1 heterocycles. The molecule has 0 aliphatic heterocycles. The van der Waals surface area contributed by atoms with Gasteiger partial charge in [-0.25, -0.2) is 0 Å². The summed E-state index contributed by atoms with van der Waals surface area (Å²) in [4.78, 5) is 14.0. The fourth-order valence-electron chi connectivity index (χ4n) is 1.54. The van der Waals surface area contributed by atoms with Gasteiger partial charge in [0.25, 0.3) is 5.91 Å². The molecule has 0 fully saturated rings. The Morgan fingerprint density at radius 2 is 2.19 bits per heavy atom. The lowest BCUT2D eigenvalue weighted by atomic mass is 10.1. The molecule has 2 nitrogen and oxygen atoms in total. The van der Waals surface area contributed by atoms with E-state index in [9.17, 15) is 4.79 Å². The molecule has 16 heavy (non-hydrogen) atoms. The second-order valence-corrected chi connectivity index (χ2v) is 5.65. The summed E-state index contributed by atoms with van der Waals surface area (Å²) >= 11 is 1.61. The molecule has 0 atom stereocenters. The molecular weight excluding hydrogens is 218 g/mol. The number of amides is 1. The third-order valence-corrected chi connectivity index (χ3v) is 3.95. The first kappa shape index (κ1) is 13.2. The van der Waals surface area contributed by atoms with Crippen LogP contribution in [0.5, 0.6) is 0 Å². The van der Waals surface area contributed by atoms with E-state index in [1.165, 1.54) is 10.4 Å². The highest BCUT2D eigenvalue weighted by atomic mass is 32.1. The number of rotatable bonds is 5. The minimum Gasteiger partial charge on any atom is -0.351 e. The molecule has 0 aromatic carbocycles. The van der Waals surface area contributed by atoms with Crippen molar-refractivity contribution in [1.82, 2.24) is 5.32 Å². The number of carbonyl (C=O) groups is 1. The van der Waals surface area contributed by atoms with Crippen molar-refractivity contribution in [3.8, 4) is 0 Å². The molecule has 0 bridgehead atoms. The topological polar surface area (TPSA) is 29.1 Å². The van der Waals surface area contributed by atoms with Crippen LogP contribution in [0, 0.1) is 12.8 Å². The van der Waals surface area contributed by atoms with E-state index in [0.29, 0.717) is 5.92 Å². The summed E-state index contributed by atoms with van der Waals surface area (Å²) in [6, 6.07) is 1.99. The van der Waals surface area contributed by atoms with Crippen LogP contribution in [-0.2, 0) is 6.42 Å². The molecular formula is C13H21NOS. The lowest BCUT2D eigenvalue weighted by Gasteiger charge is -2.05. The van der Waals surface area contributed by atoms with Crippen molar-refractivity contribution in [1.29, 1.82) is 0 Å². The Hall–Kier alpha value is -0.830. The molecule has 90 valence electrons. The fraction of sp³-hybridized carbons (Fsp3) is 0.615. The SMILES string of the molecule is CCc1sc(C(=O)NCCC(C)C)cc1C. The van der Waals surface area contributed by atoms with Crippen LogP contribution in [0.1, 0.15) is 47.3 Å².